The molecule has 0 N–H and O–H groups in total. The Hall–Kier alpha value is -2.78. The predicted octanol–water partition coefficient (Wildman–Crippen LogP) is 6.40. The molecule has 2 nitrogen and oxygen atoms in total. The average molecular weight is 343 g/mol. The molecule has 3 heteroatoms. The summed E-state index contributed by atoms with van der Waals surface area (Å²) in [5.74, 6) is 0.781. The van der Waals surface area contributed by atoms with E-state index < -0.39 is 0 Å². The zero-order chi connectivity index (χ0) is 17.1. The van der Waals surface area contributed by atoms with Gasteiger partial charge < -0.3 is 4.52 Å². The Bertz CT molecular complexity index is 957. The second kappa shape index (κ2) is 6.99. The van der Waals surface area contributed by atoms with E-state index in [1.165, 1.54) is 16.0 Å². The number of rotatable bonds is 4. The fourth-order valence-corrected chi connectivity index (χ4v) is 3.17. The van der Waals surface area contributed by atoms with E-state index >= 15 is 0 Å². The van der Waals surface area contributed by atoms with Crippen LogP contribution in [0.25, 0.3) is 33.7 Å². The first kappa shape index (κ1) is 15.7. The van der Waals surface area contributed by atoms with Crippen molar-refractivity contribution in [2.45, 2.75) is 4.90 Å². The Morgan fingerprint density at radius 1 is 0.680 bits per heavy atom. The van der Waals surface area contributed by atoms with Gasteiger partial charge >= 0.3 is 0 Å². The van der Waals surface area contributed by atoms with Gasteiger partial charge in [0.15, 0.2) is 5.76 Å². The first-order valence-corrected chi connectivity index (χ1v) is 9.33. The van der Waals surface area contributed by atoms with E-state index in [4.69, 9.17) is 4.52 Å². The van der Waals surface area contributed by atoms with Crippen LogP contribution >= 0.6 is 11.8 Å². The fourth-order valence-electron chi connectivity index (χ4n) is 2.77. The van der Waals surface area contributed by atoms with E-state index in [2.05, 4.69) is 72.1 Å². The normalized spacial score (nSPS) is 10.8. The lowest BCUT2D eigenvalue weighted by Crippen LogP contribution is -1.78. The van der Waals surface area contributed by atoms with E-state index in [0.717, 1.165) is 22.6 Å². The molecule has 0 amide bonds. The van der Waals surface area contributed by atoms with Crippen molar-refractivity contribution >= 4 is 11.8 Å². The van der Waals surface area contributed by atoms with Crippen LogP contribution in [-0.2, 0) is 0 Å². The largest absolute Gasteiger partial charge is 0.356 e. The van der Waals surface area contributed by atoms with Crippen LogP contribution in [0.5, 0.6) is 0 Å². The Morgan fingerprint density at radius 3 is 1.96 bits per heavy atom. The number of benzene rings is 3. The average Bonchev–Trinajstić information content (AvgIpc) is 3.19. The van der Waals surface area contributed by atoms with Gasteiger partial charge in [0.2, 0.25) is 0 Å². The van der Waals surface area contributed by atoms with Gasteiger partial charge in [-0.1, -0.05) is 71.9 Å². The molecule has 122 valence electrons. The maximum Gasteiger partial charge on any atom is 0.167 e. The SMILES string of the molecule is CSc1ccc(-c2cc(-c3ccc(-c4ccccc4)cc3)on2)cc1. The van der Waals surface area contributed by atoms with Gasteiger partial charge in [0.1, 0.15) is 5.69 Å². The van der Waals surface area contributed by atoms with Crippen LogP contribution in [0, 0.1) is 0 Å². The molecule has 0 radical (unpaired) electrons. The fraction of sp³-hybridized carbons (Fsp3) is 0.0455. The number of aromatic nitrogens is 1. The highest BCUT2D eigenvalue weighted by molar-refractivity contribution is 7.98. The minimum Gasteiger partial charge on any atom is -0.356 e. The summed E-state index contributed by atoms with van der Waals surface area (Å²) >= 11 is 1.73. The molecule has 4 rings (SSSR count). The lowest BCUT2D eigenvalue weighted by Gasteiger charge is -2.02. The molecular weight excluding hydrogens is 326 g/mol. The zero-order valence-corrected chi connectivity index (χ0v) is 14.7. The van der Waals surface area contributed by atoms with Gasteiger partial charge in [0.05, 0.1) is 0 Å². The van der Waals surface area contributed by atoms with Crippen molar-refractivity contribution in [2.24, 2.45) is 0 Å². The molecule has 1 aromatic heterocycles. The number of hydrogen-bond donors (Lipinski definition) is 0. The summed E-state index contributed by atoms with van der Waals surface area (Å²) in [6, 6.07) is 29.1. The molecule has 0 aliphatic carbocycles. The van der Waals surface area contributed by atoms with Crippen LogP contribution in [0.1, 0.15) is 0 Å². The summed E-state index contributed by atoms with van der Waals surface area (Å²) < 4.78 is 5.55. The van der Waals surface area contributed by atoms with Crippen LogP contribution in [-0.4, -0.2) is 11.4 Å². The monoisotopic (exact) mass is 343 g/mol. The minimum absolute atomic E-state index is 0.781. The molecule has 0 saturated heterocycles. The van der Waals surface area contributed by atoms with Crippen molar-refractivity contribution in [3.8, 4) is 33.7 Å². The van der Waals surface area contributed by atoms with E-state index in [0.29, 0.717) is 0 Å². The van der Waals surface area contributed by atoms with Crippen LogP contribution < -0.4 is 0 Å². The number of thioether (sulfide) groups is 1. The van der Waals surface area contributed by atoms with Gasteiger partial charge in [-0.25, -0.2) is 0 Å². The maximum absolute atomic E-state index is 5.55. The van der Waals surface area contributed by atoms with Gasteiger partial charge in [-0.05, 0) is 29.5 Å². The summed E-state index contributed by atoms with van der Waals surface area (Å²) in [6.07, 6.45) is 2.07. The summed E-state index contributed by atoms with van der Waals surface area (Å²) in [6.45, 7) is 0. The van der Waals surface area contributed by atoms with Gasteiger partial charge in [-0.15, -0.1) is 11.8 Å². The van der Waals surface area contributed by atoms with Gasteiger partial charge in [-0.2, -0.15) is 0 Å². The second-order valence-corrected chi connectivity index (χ2v) is 6.63. The molecule has 0 unspecified atom stereocenters. The van der Waals surface area contributed by atoms with E-state index in [1.807, 2.05) is 24.3 Å². The second-order valence-electron chi connectivity index (χ2n) is 5.75. The third kappa shape index (κ3) is 3.37. The van der Waals surface area contributed by atoms with Crippen molar-refractivity contribution < 1.29 is 4.52 Å². The molecular formula is C22H17NOS. The summed E-state index contributed by atoms with van der Waals surface area (Å²) in [4.78, 5) is 1.24. The third-order valence-corrected chi connectivity index (χ3v) is 4.92. The van der Waals surface area contributed by atoms with E-state index in [1.54, 1.807) is 11.8 Å². The molecule has 0 bridgehead atoms. The first-order chi connectivity index (χ1) is 12.3. The van der Waals surface area contributed by atoms with Gasteiger partial charge in [0.25, 0.3) is 0 Å². The quantitative estimate of drug-likeness (QED) is 0.401. The van der Waals surface area contributed by atoms with Crippen molar-refractivity contribution in [1.29, 1.82) is 0 Å². The van der Waals surface area contributed by atoms with Crippen molar-refractivity contribution in [2.75, 3.05) is 6.26 Å². The minimum atomic E-state index is 0.781. The van der Waals surface area contributed by atoms with Gasteiger partial charge in [-0.3, -0.25) is 0 Å². The van der Waals surface area contributed by atoms with Gasteiger partial charge in [0, 0.05) is 22.1 Å². The molecule has 0 aliphatic heterocycles. The summed E-state index contributed by atoms with van der Waals surface area (Å²) in [5, 5.41) is 4.22. The van der Waals surface area contributed by atoms with Crippen LogP contribution in [0.15, 0.2) is 94.3 Å². The molecule has 0 fully saturated rings. The first-order valence-electron chi connectivity index (χ1n) is 8.10. The Balaban J connectivity index is 1.59. The van der Waals surface area contributed by atoms with Crippen LogP contribution in [0.2, 0.25) is 0 Å². The smallest absolute Gasteiger partial charge is 0.167 e. The number of nitrogens with zero attached hydrogens (tertiary/aromatic N) is 1. The molecule has 0 aliphatic rings. The highest BCUT2D eigenvalue weighted by Crippen LogP contribution is 2.29. The highest BCUT2D eigenvalue weighted by Gasteiger charge is 2.09. The van der Waals surface area contributed by atoms with Crippen LogP contribution in [0.3, 0.4) is 0 Å². The zero-order valence-electron chi connectivity index (χ0n) is 13.8. The standard InChI is InChI=1S/C22H17NOS/c1-25-20-13-11-18(12-14-20)21-15-22(24-23-21)19-9-7-17(8-10-19)16-5-3-2-4-6-16/h2-15H,1H3. The Labute approximate surface area is 151 Å². The predicted molar refractivity (Wildman–Crippen MR) is 105 cm³/mol. The topological polar surface area (TPSA) is 26.0 Å². The highest BCUT2D eigenvalue weighted by atomic mass is 32.2. The van der Waals surface area contributed by atoms with E-state index in [-0.39, 0.29) is 0 Å². The summed E-state index contributed by atoms with van der Waals surface area (Å²) in [5.41, 5.74) is 5.35. The lowest BCUT2D eigenvalue weighted by molar-refractivity contribution is 0.435. The molecule has 1 heterocycles. The van der Waals surface area contributed by atoms with E-state index in [9.17, 15) is 0 Å². The molecule has 0 atom stereocenters. The molecule has 0 spiro atoms. The Morgan fingerprint density at radius 2 is 1.28 bits per heavy atom. The van der Waals surface area contributed by atoms with Crippen molar-refractivity contribution in [1.82, 2.24) is 5.16 Å². The maximum atomic E-state index is 5.55. The lowest BCUT2D eigenvalue weighted by atomic mass is 10.0. The molecule has 25 heavy (non-hydrogen) atoms. The van der Waals surface area contributed by atoms with Crippen molar-refractivity contribution in [3.63, 3.8) is 0 Å². The third-order valence-electron chi connectivity index (χ3n) is 4.17. The van der Waals surface area contributed by atoms with Crippen molar-refractivity contribution in [3.05, 3.63) is 84.9 Å². The number of hydrogen-bond acceptors (Lipinski definition) is 3. The Kier molecular flexibility index (Phi) is 4.40. The molecule has 0 saturated carbocycles. The van der Waals surface area contributed by atoms with Crippen LogP contribution in [0.4, 0.5) is 0 Å². The molecule has 3 aromatic carbocycles. The summed E-state index contributed by atoms with van der Waals surface area (Å²) in [7, 11) is 0. The molecule has 4 aromatic rings.